The zero-order chi connectivity index (χ0) is 13.6. The van der Waals surface area contributed by atoms with E-state index in [9.17, 15) is 29.4 Å². The Kier molecular flexibility index (Phi) is 12.5. The quantitative estimate of drug-likeness (QED) is 0.345. The van der Waals surface area contributed by atoms with Crippen LogP contribution >= 0.6 is 15.9 Å². The molecule has 0 heterocycles. The van der Waals surface area contributed by atoms with Crippen LogP contribution < -0.4 is 19.8 Å². The molecule has 0 aromatic rings. The molecule has 0 aromatic heterocycles. The number of carbonyl (C=O) groups excluding carboxylic acids is 1. The smallest absolute Gasteiger partial charge is 0.659 e. The largest absolute Gasteiger partial charge is 2.00 e. The molecule has 17 heavy (non-hydrogen) atoms. The van der Waals surface area contributed by atoms with Crippen LogP contribution in [0.25, 0.3) is 0 Å². The third-order valence-corrected chi connectivity index (χ3v) is 2.01. The van der Waals surface area contributed by atoms with Gasteiger partial charge in [-0.25, -0.2) is 14.6 Å². The maximum atomic E-state index is 9.76. The van der Waals surface area contributed by atoms with Gasteiger partial charge in [-0.2, -0.15) is 0 Å². The second-order valence-electron chi connectivity index (χ2n) is 2.38. The van der Waals surface area contributed by atoms with Crippen molar-refractivity contribution in [1.82, 2.24) is 0 Å². The summed E-state index contributed by atoms with van der Waals surface area (Å²) < 4.78 is 0. The first-order valence-corrected chi connectivity index (χ1v) is 6.88. The summed E-state index contributed by atoms with van der Waals surface area (Å²) in [6, 6.07) is 0. The van der Waals surface area contributed by atoms with Crippen molar-refractivity contribution in [2.24, 2.45) is 0 Å². The second-order valence-corrected chi connectivity index (χ2v) is 5.62. The molecular formula is C4H8O10P2Zr. The van der Waals surface area contributed by atoms with Gasteiger partial charge in [0.2, 0.25) is 14.1 Å². The molecule has 0 aliphatic rings. The third kappa shape index (κ3) is 31.5. The Morgan fingerprint density at radius 3 is 1.35 bits per heavy atom. The molecule has 0 fully saturated rings. The van der Waals surface area contributed by atoms with Crippen molar-refractivity contribution >= 4 is 27.8 Å². The van der Waals surface area contributed by atoms with E-state index in [1.165, 1.54) is 0 Å². The zero-order valence-electron chi connectivity index (χ0n) is 8.05. The van der Waals surface area contributed by atoms with Gasteiger partial charge < -0.3 is 29.7 Å². The predicted octanol–water partition coefficient (Wildman–Crippen LogP) is -5.61. The first-order chi connectivity index (χ1) is 6.83. The van der Waals surface area contributed by atoms with E-state index in [-0.39, 0.29) is 26.2 Å². The molecule has 0 saturated carbocycles. The number of rotatable bonds is 4. The SMILES string of the molecule is O=C(O)C[P+]([O-])(O)O.O=C([O-])C[P+]([O-])([O-])O.[Zr+2]. The van der Waals surface area contributed by atoms with Crippen molar-refractivity contribution in [1.29, 1.82) is 0 Å². The monoisotopic (exact) mass is 368 g/mol. The number of hydrogen-bond acceptors (Lipinski definition) is 9. The number of carbonyl (C=O) groups is 2. The van der Waals surface area contributed by atoms with Crippen LogP contribution in [0.15, 0.2) is 0 Å². The van der Waals surface area contributed by atoms with Gasteiger partial charge in [-0.15, -0.1) is 0 Å². The number of hydrogen-bond donors (Lipinski definition) is 4. The summed E-state index contributed by atoms with van der Waals surface area (Å²) in [5.41, 5.74) is 0. The van der Waals surface area contributed by atoms with Gasteiger partial charge in [-0.05, 0) is 0 Å². The van der Waals surface area contributed by atoms with Gasteiger partial charge in [0.25, 0.3) is 0 Å². The van der Waals surface area contributed by atoms with Crippen molar-refractivity contribution in [3.8, 4) is 0 Å². The maximum absolute atomic E-state index is 9.76. The summed E-state index contributed by atoms with van der Waals surface area (Å²) in [5, 5.41) is 17.1. The van der Waals surface area contributed by atoms with Gasteiger partial charge in [-0.1, -0.05) is 0 Å². The number of aliphatic carboxylic acids is 2. The summed E-state index contributed by atoms with van der Waals surface area (Å²) in [7, 11) is -8.96. The van der Waals surface area contributed by atoms with Crippen LogP contribution in [0.3, 0.4) is 0 Å². The van der Waals surface area contributed by atoms with Gasteiger partial charge in [-0.3, -0.25) is 4.89 Å². The molecule has 0 radical (unpaired) electrons. The van der Waals surface area contributed by atoms with Crippen LogP contribution in [0.5, 0.6) is 0 Å². The molecule has 0 rings (SSSR count). The Hall–Kier alpha value is 0.443. The molecule has 0 aliphatic carbocycles. The van der Waals surface area contributed by atoms with E-state index in [1.807, 2.05) is 0 Å². The maximum Gasteiger partial charge on any atom is 2.00 e. The normalized spacial score (nSPS) is 10.7. The van der Waals surface area contributed by atoms with E-state index in [0.29, 0.717) is 0 Å². The minimum Gasteiger partial charge on any atom is -0.659 e. The fourth-order valence-electron chi connectivity index (χ4n) is 0.339. The summed E-state index contributed by atoms with van der Waals surface area (Å²) in [4.78, 5) is 71.5. The average Bonchev–Trinajstić information content (AvgIpc) is 1.72. The van der Waals surface area contributed by atoms with E-state index in [4.69, 9.17) is 19.8 Å². The van der Waals surface area contributed by atoms with Crippen LogP contribution in [-0.4, -0.2) is 44.0 Å². The van der Waals surface area contributed by atoms with Crippen LogP contribution in [0.1, 0.15) is 0 Å². The van der Waals surface area contributed by atoms with Gasteiger partial charge in [0.1, 0.15) is 6.16 Å². The second kappa shape index (κ2) is 9.38. The Balaban J connectivity index is -0.000000218. The van der Waals surface area contributed by atoms with Crippen molar-refractivity contribution in [3.05, 3.63) is 0 Å². The molecule has 10 nitrogen and oxygen atoms in total. The molecule has 13 heteroatoms. The van der Waals surface area contributed by atoms with E-state index < -0.39 is 40.1 Å². The van der Waals surface area contributed by atoms with Crippen LogP contribution in [-0.2, 0) is 35.8 Å². The van der Waals surface area contributed by atoms with Crippen LogP contribution in [0, 0.1) is 0 Å². The minimum atomic E-state index is -4.63. The number of carboxylic acids is 2. The standard InChI is InChI=1S/2C2H5O5P.Zr/c2*3-2(4)1-8(5,6)7;/h2*1H2,(H,3,4)(H2,5,6,7);/q;;+2/p-2. The summed E-state index contributed by atoms with van der Waals surface area (Å²) in [6.45, 7) is 0. The fraction of sp³-hybridized carbons (Fsp3) is 0.500. The molecule has 0 bridgehead atoms. The van der Waals surface area contributed by atoms with Crippen LogP contribution in [0.2, 0.25) is 0 Å². The summed E-state index contributed by atoms with van der Waals surface area (Å²) in [6.07, 6.45) is -2.40. The van der Waals surface area contributed by atoms with Gasteiger partial charge >= 0.3 is 32.2 Å². The van der Waals surface area contributed by atoms with E-state index >= 15 is 0 Å². The predicted molar refractivity (Wildman–Crippen MR) is 42.9 cm³/mol. The summed E-state index contributed by atoms with van der Waals surface area (Å²) in [5.74, 6) is -3.29. The Morgan fingerprint density at radius 2 is 1.35 bits per heavy atom. The Bertz CT molecular complexity index is 218. The van der Waals surface area contributed by atoms with Crippen molar-refractivity contribution in [2.75, 3.05) is 12.3 Å². The number of carboxylic acid groups (broad SMARTS) is 2. The van der Waals surface area contributed by atoms with Crippen LogP contribution in [0.4, 0.5) is 0 Å². The van der Waals surface area contributed by atoms with Crippen molar-refractivity contribution < 1.29 is 75.4 Å². The molecule has 0 aliphatic heterocycles. The molecule has 0 spiro atoms. The van der Waals surface area contributed by atoms with Crippen molar-refractivity contribution in [3.63, 3.8) is 0 Å². The molecule has 0 unspecified atom stereocenters. The Labute approximate surface area is 115 Å². The molecule has 0 amide bonds. The molecule has 98 valence electrons. The molecule has 4 N–H and O–H groups in total. The van der Waals surface area contributed by atoms with E-state index in [0.717, 1.165) is 0 Å². The molecule has 0 aromatic carbocycles. The average molecular weight is 369 g/mol. The van der Waals surface area contributed by atoms with E-state index in [2.05, 4.69) is 0 Å². The van der Waals surface area contributed by atoms with Gasteiger partial charge in [0.05, 0.1) is 13.9 Å². The fourth-order valence-corrected chi connectivity index (χ4v) is 1.02. The summed E-state index contributed by atoms with van der Waals surface area (Å²) >= 11 is 0. The zero-order valence-corrected chi connectivity index (χ0v) is 12.3. The van der Waals surface area contributed by atoms with E-state index in [1.54, 1.807) is 0 Å². The molecule has 0 atom stereocenters. The first kappa shape index (κ1) is 22.6. The van der Waals surface area contributed by atoms with Gasteiger partial charge in [0.15, 0.2) is 0 Å². The van der Waals surface area contributed by atoms with Crippen molar-refractivity contribution in [2.45, 2.75) is 0 Å². The third-order valence-electron chi connectivity index (χ3n) is 0.670. The molecular weight excluding hydrogens is 361 g/mol. The Morgan fingerprint density at radius 1 is 1.00 bits per heavy atom. The first-order valence-electron chi connectivity index (χ1n) is 3.32. The topological polar surface area (TPSA) is 207 Å². The van der Waals surface area contributed by atoms with Gasteiger partial charge in [0, 0.05) is 0 Å². The molecule has 0 saturated heterocycles. The minimum absolute atomic E-state index is 0.